The molecule has 3 heterocycles. The van der Waals surface area contributed by atoms with Crippen molar-refractivity contribution in [3.8, 4) is 11.1 Å². The van der Waals surface area contributed by atoms with Gasteiger partial charge in [-0.2, -0.15) is 18.3 Å². The van der Waals surface area contributed by atoms with Crippen molar-refractivity contribution in [2.24, 2.45) is 0 Å². The van der Waals surface area contributed by atoms with E-state index in [9.17, 15) is 18.0 Å². The fourth-order valence-corrected chi connectivity index (χ4v) is 3.62. The molecule has 0 spiro atoms. The number of pyridine rings is 1. The predicted molar refractivity (Wildman–Crippen MR) is 111 cm³/mol. The van der Waals surface area contributed by atoms with Crippen LogP contribution < -0.4 is 10.2 Å². The summed E-state index contributed by atoms with van der Waals surface area (Å²) in [4.78, 5) is 18.3. The van der Waals surface area contributed by atoms with Crippen LogP contribution in [0.2, 0.25) is 5.15 Å². The smallest absolute Gasteiger partial charge is 0.408 e. The Balaban J connectivity index is 1.79. The quantitative estimate of drug-likeness (QED) is 0.673. The van der Waals surface area contributed by atoms with Crippen molar-refractivity contribution in [2.75, 3.05) is 18.0 Å². The largest absolute Gasteiger partial charge is 0.444 e. The number of ether oxygens (including phenoxy) is 1. The van der Waals surface area contributed by atoms with Gasteiger partial charge in [0, 0.05) is 48.3 Å². The number of carbonyl (C=O) groups excluding carboxylic acids is 1. The fraction of sp³-hybridized carbons (Fsp3) is 0.550. The Morgan fingerprint density at radius 1 is 1.32 bits per heavy atom. The number of nitrogens with one attached hydrogen (secondary N) is 1. The number of hydrogen-bond donors (Lipinski definition) is 1. The first-order valence-electron chi connectivity index (χ1n) is 9.89. The van der Waals surface area contributed by atoms with Gasteiger partial charge in [0.2, 0.25) is 0 Å². The molecular formula is C20H25ClF3N5O2. The lowest BCUT2D eigenvalue weighted by Gasteiger charge is -2.36. The van der Waals surface area contributed by atoms with E-state index >= 15 is 0 Å². The highest BCUT2D eigenvalue weighted by Crippen LogP contribution is 2.34. The topological polar surface area (TPSA) is 72.3 Å². The number of carbonyl (C=O) groups is 1. The summed E-state index contributed by atoms with van der Waals surface area (Å²) in [7, 11) is 0. The van der Waals surface area contributed by atoms with Gasteiger partial charge in [-0.1, -0.05) is 11.6 Å². The third-order valence-electron chi connectivity index (χ3n) is 4.62. The lowest BCUT2D eigenvalue weighted by Crippen LogP contribution is -2.49. The average Bonchev–Trinajstić information content (AvgIpc) is 3.06. The van der Waals surface area contributed by atoms with Crippen LogP contribution >= 0.6 is 11.6 Å². The molecule has 0 aromatic carbocycles. The minimum atomic E-state index is -4.36. The molecule has 0 unspecified atom stereocenters. The molecule has 3 rings (SSSR count). The minimum absolute atomic E-state index is 0.142. The molecule has 0 saturated carbocycles. The number of hydrogen-bond acceptors (Lipinski definition) is 5. The number of halogens is 4. The van der Waals surface area contributed by atoms with E-state index in [4.69, 9.17) is 16.3 Å². The standard InChI is InChI=1S/C20H25ClF3N5O2/c1-19(2,3)31-18(30)27-14-5-4-6-28(11-14)16-7-17(21)25-9-15(16)13-8-26-29(10-13)12-20(22,23)24/h7-10,14H,4-6,11-12H2,1-3H3,(H,27,30)/t14-/m1/s1. The number of piperidine rings is 1. The molecule has 170 valence electrons. The predicted octanol–water partition coefficient (Wildman–Crippen LogP) is 4.65. The van der Waals surface area contributed by atoms with E-state index in [2.05, 4.69) is 15.4 Å². The highest BCUT2D eigenvalue weighted by molar-refractivity contribution is 6.29. The number of rotatable bonds is 4. The zero-order valence-electron chi connectivity index (χ0n) is 17.5. The number of aromatic nitrogens is 3. The maximum absolute atomic E-state index is 12.7. The van der Waals surface area contributed by atoms with Crippen LogP contribution in [0.15, 0.2) is 24.7 Å². The number of alkyl carbamates (subject to hydrolysis) is 1. The van der Waals surface area contributed by atoms with Gasteiger partial charge in [0.1, 0.15) is 17.3 Å². The van der Waals surface area contributed by atoms with Crippen molar-refractivity contribution < 1.29 is 22.7 Å². The van der Waals surface area contributed by atoms with Gasteiger partial charge in [0.25, 0.3) is 0 Å². The number of amides is 1. The second kappa shape index (κ2) is 8.94. The van der Waals surface area contributed by atoms with Crippen LogP contribution in [0.5, 0.6) is 0 Å². The zero-order valence-corrected chi connectivity index (χ0v) is 18.3. The van der Waals surface area contributed by atoms with Crippen LogP contribution in [0, 0.1) is 0 Å². The van der Waals surface area contributed by atoms with Gasteiger partial charge in [-0.3, -0.25) is 4.68 Å². The van der Waals surface area contributed by atoms with Crippen molar-refractivity contribution in [3.05, 3.63) is 29.8 Å². The Morgan fingerprint density at radius 2 is 2.06 bits per heavy atom. The molecule has 1 N–H and O–H groups in total. The summed E-state index contributed by atoms with van der Waals surface area (Å²) in [5.41, 5.74) is 1.25. The molecule has 31 heavy (non-hydrogen) atoms. The number of nitrogens with zero attached hydrogens (tertiary/aromatic N) is 4. The zero-order chi connectivity index (χ0) is 22.8. The molecule has 1 aliphatic rings. The lowest BCUT2D eigenvalue weighted by atomic mass is 10.0. The van der Waals surface area contributed by atoms with Gasteiger partial charge in [-0.05, 0) is 39.7 Å². The normalized spacial score (nSPS) is 17.5. The first kappa shape index (κ1) is 23.2. The molecular weight excluding hydrogens is 435 g/mol. The summed E-state index contributed by atoms with van der Waals surface area (Å²) in [6, 6.07) is 1.53. The number of anilines is 1. The second-order valence-electron chi connectivity index (χ2n) is 8.50. The van der Waals surface area contributed by atoms with Crippen molar-refractivity contribution in [3.63, 3.8) is 0 Å². The lowest BCUT2D eigenvalue weighted by molar-refractivity contribution is -0.142. The van der Waals surface area contributed by atoms with E-state index in [1.54, 1.807) is 26.8 Å². The summed E-state index contributed by atoms with van der Waals surface area (Å²) in [6.07, 6.45) is 0.986. The molecule has 0 aliphatic carbocycles. The maximum Gasteiger partial charge on any atom is 0.408 e. The van der Waals surface area contributed by atoms with Crippen LogP contribution in [-0.2, 0) is 11.3 Å². The van der Waals surface area contributed by atoms with Gasteiger partial charge < -0.3 is 15.0 Å². The van der Waals surface area contributed by atoms with Crippen LogP contribution in [-0.4, -0.2) is 51.8 Å². The van der Waals surface area contributed by atoms with Gasteiger partial charge in [0.05, 0.1) is 6.20 Å². The molecule has 1 fully saturated rings. The monoisotopic (exact) mass is 459 g/mol. The summed E-state index contributed by atoms with van der Waals surface area (Å²) in [6.45, 7) is 5.42. The Morgan fingerprint density at radius 3 is 2.74 bits per heavy atom. The molecule has 0 bridgehead atoms. The molecule has 0 radical (unpaired) electrons. The van der Waals surface area contributed by atoms with Crippen LogP contribution in [0.3, 0.4) is 0 Å². The Bertz CT molecular complexity index is 926. The maximum atomic E-state index is 12.7. The second-order valence-corrected chi connectivity index (χ2v) is 8.88. The molecule has 7 nitrogen and oxygen atoms in total. The Hall–Kier alpha value is -2.49. The van der Waals surface area contributed by atoms with Crippen molar-refractivity contribution in [2.45, 2.75) is 58.0 Å². The van der Waals surface area contributed by atoms with E-state index < -0.39 is 24.4 Å². The summed E-state index contributed by atoms with van der Waals surface area (Å²) < 4.78 is 44.2. The third kappa shape index (κ3) is 6.75. The van der Waals surface area contributed by atoms with Crippen LogP contribution in [0.1, 0.15) is 33.6 Å². The van der Waals surface area contributed by atoms with E-state index in [1.807, 2.05) is 4.90 Å². The highest BCUT2D eigenvalue weighted by atomic mass is 35.5. The van der Waals surface area contributed by atoms with Gasteiger partial charge >= 0.3 is 12.3 Å². The Kier molecular flexibility index (Phi) is 6.68. The van der Waals surface area contributed by atoms with Gasteiger partial charge in [-0.25, -0.2) is 9.78 Å². The molecule has 1 aliphatic heterocycles. The molecule has 2 aromatic heterocycles. The van der Waals surface area contributed by atoms with Gasteiger partial charge in [0.15, 0.2) is 0 Å². The SMILES string of the molecule is CC(C)(C)OC(=O)N[C@@H]1CCCN(c2cc(Cl)ncc2-c2cnn(CC(F)(F)F)c2)C1. The van der Waals surface area contributed by atoms with Crippen molar-refractivity contribution >= 4 is 23.4 Å². The number of alkyl halides is 3. The summed E-state index contributed by atoms with van der Waals surface area (Å²) in [5, 5.41) is 6.97. The average molecular weight is 460 g/mol. The van der Waals surface area contributed by atoms with Crippen molar-refractivity contribution in [1.29, 1.82) is 0 Å². The fourth-order valence-electron chi connectivity index (χ4n) is 3.47. The first-order chi connectivity index (χ1) is 14.4. The van der Waals surface area contributed by atoms with E-state index in [-0.39, 0.29) is 11.2 Å². The van der Waals surface area contributed by atoms with Crippen LogP contribution in [0.25, 0.3) is 11.1 Å². The van der Waals surface area contributed by atoms with Gasteiger partial charge in [-0.15, -0.1) is 0 Å². The minimum Gasteiger partial charge on any atom is -0.444 e. The van der Waals surface area contributed by atoms with Crippen molar-refractivity contribution in [1.82, 2.24) is 20.1 Å². The molecule has 2 aromatic rings. The van der Waals surface area contributed by atoms with E-state index in [0.717, 1.165) is 23.2 Å². The van der Waals surface area contributed by atoms with E-state index in [1.165, 1.54) is 18.6 Å². The summed E-state index contributed by atoms with van der Waals surface area (Å²) >= 11 is 6.11. The Labute approximate surface area is 183 Å². The first-order valence-corrected chi connectivity index (χ1v) is 10.3. The van der Waals surface area contributed by atoms with E-state index in [0.29, 0.717) is 24.2 Å². The summed E-state index contributed by atoms with van der Waals surface area (Å²) in [5.74, 6) is 0. The third-order valence-corrected chi connectivity index (χ3v) is 4.82. The molecule has 11 heteroatoms. The molecule has 1 amide bonds. The van der Waals surface area contributed by atoms with Crippen LogP contribution in [0.4, 0.5) is 23.7 Å². The highest BCUT2D eigenvalue weighted by Gasteiger charge is 2.29. The molecule has 1 saturated heterocycles. The molecule has 1 atom stereocenters.